The second-order valence-electron chi connectivity index (χ2n) is 5.57. The van der Waals surface area contributed by atoms with E-state index in [0.29, 0.717) is 24.1 Å². The van der Waals surface area contributed by atoms with Crippen LogP contribution >= 0.6 is 0 Å². The number of nitro benzene ring substituents is 1. The Labute approximate surface area is 137 Å². The number of anilines is 2. The van der Waals surface area contributed by atoms with Gasteiger partial charge in [0.05, 0.1) is 11.3 Å². The molecule has 0 bridgehead atoms. The van der Waals surface area contributed by atoms with Gasteiger partial charge in [-0.15, -0.1) is 0 Å². The Morgan fingerprint density at radius 2 is 1.92 bits per heavy atom. The van der Waals surface area contributed by atoms with Crippen molar-refractivity contribution in [3.8, 4) is 0 Å². The lowest BCUT2D eigenvalue weighted by Gasteiger charge is -2.17. The van der Waals surface area contributed by atoms with E-state index in [-0.39, 0.29) is 23.9 Å². The van der Waals surface area contributed by atoms with Gasteiger partial charge in [-0.2, -0.15) is 0 Å². The summed E-state index contributed by atoms with van der Waals surface area (Å²) >= 11 is 0. The molecule has 7 heteroatoms. The number of nitrogens with zero attached hydrogens (tertiary/aromatic N) is 1. The number of non-ortho nitro benzene ring substituents is 1. The van der Waals surface area contributed by atoms with E-state index >= 15 is 0 Å². The minimum Gasteiger partial charge on any atom is -0.326 e. The van der Waals surface area contributed by atoms with Crippen LogP contribution in [0.5, 0.6) is 0 Å². The molecule has 2 amide bonds. The largest absolute Gasteiger partial charge is 0.326 e. The zero-order valence-electron chi connectivity index (χ0n) is 12.7. The van der Waals surface area contributed by atoms with Gasteiger partial charge in [-0.05, 0) is 35.7 Å². The van der Waals surface area contributed by atoms with Gasteiger partial charge >= 0.3 is 0 Å². The number of benzene rings is 2. The van der Waals surface area contributed by atoms with Crippen molar-refractivity contribution in [1.29, 1.82) is 0 Å². The van der Waals surface area contributed by atoms with Crippen LogP contribution in [-0.2, 0) is 22.4 Å². The van der Waals surface area contributed by atoms with Gasteiger partial charge in [-0.25, -0.2) is 0 Å². The number of rotatable bonds is 4. The molecule has 0 atom stereocenters. The van der Waals surface area contributed by atoms with E-state index in [2.05, 4.69) is 10.6 Å². The maximum absolute atomic E-state index is 12.1. The topological polar surface area (TPSA) is 101 Å². The second-order valence-corrected chi connectivity index (χ2v) is 5.57. The van der Waals surface area contributed by atoms with Crippen molar-refractivity contribution >= 4 is 28.9 Å². The predicted octanol–water partition coefficient (Wildman–Crippen LogP) is 2.66. The standard InChI is InChI=1S/C17H15N3O4/c21-16-8-3-12-10-13(4-7-15(12)19-16)18-17(22)9-11-1-5-14(6-2-11)20(23)24/h1-2,4-7,10H,3,8-9H2,(H,18,22)(H,19,21). The number of hydrogen-bond donors (Lipinski definition) is 2. The molecule has 7 nitrogen and oxygen atoms in total. The van der Waals surface area contributed by atoms with E-state index in [1.807, 2.05) is 6.07 Å². The fraction of sp³-hybridized carbons (Fsp3) is 0.176. The maximum atomic E-state index is 12.1. The van der Waals surface area contributed by atoms with E-state index in [1.54, 1.807) is 24.3 Å². The number of hydrogen-bond acceptors (Lipinski definition) is 4. The SMILES string of the molecule is O=C(Cc1ccc([N+](=O)[O-])cc1)Nc1ccc2c(c1)CCC(=O)N2. The van der Waals surface area contributed by atoms with Crippen LogP contribution in [0.15, 0.2) is 42.5 Å². The molecule has 1 heterocycles. The molecule has 0 saturated heterocycles. The van der Waals surface area contributed by atoms with E-state index in [4.69, 9.17) is 0 Å². The quantitative estimate of drug-likeness (QED) is 0.666. The van der Waals surface area contributed by atoms with Crippen molar-refractivity contribution in [3.05, 3.63) is 63.7 Å². The average Bonchev–Trinajstić information content (AvgIpc) is 2.55. The van der Waals surface area contributed by atoms with Crippen LogP contribution in [-0.4, -0.2) is 16.7 Å². The smallest absolute Gasteiger partial charge is 0.269 e. The van der Waals surface area contributed by atoms with Crippen LogP contribution in [0.1, 0.15) is 17.5 Å². The summed E-state index contributed by atoms with van der Waals surface area (Å²) < 4.78 is 0. The molecule has 1 aliphatic rings. The van der Waals surface area contributed by atoms with Gasteiger partial charge in [0.2, 0.25) is 11.8 Å². The molecule has 2 N–H and O–H groups in total. The first-order valence-corrected chi connectivity index (χ1v) is 7.47. The van der Waals surface area contributed by atoms with Gasteiger partial charge in [0.1, 0.15) is 0 Å². The molecule has 2 aromatic carbocycles. The summed E-state index contributed by atoms with van der Waals surface area (Å²) in [5.74, 6) is -0.207. The summed E-state index contributed by atoms with van der Waals surface area (Å²) in [7, 11) is 0. The van der Waals surface area contributed by atoms with Crippen molar-refractivity contribution in [1.82, 2.24) is 0 Å². The Kier molecular flexibility index (Phi) is 4.24. The van der Waals surface area contributed by atoms with Crippen LogP contribution in [0.4, 0.5) is 17.1 Å². The highest BCUT2D eigenvalue weighted by molar-refractivity contribution is 5.96. The Balaban J connectivity index is 1.64. The summed E-state index contributed by atoms with van der Waals surface area (Å²) in [4.78, 5) is 33.6. The van der Waals surface area contributed by atoms with E-state index in [1.165, 1.54) is 12.1 Å². The predicted molar refractivity (Wildman–Crippen MR) is 88.8 cm³/mol. The maximum Gasteiger partial charge on any atom is 0.269 e. The molecular weight excluding hydrogens is 310 g/mol. The number of aryl methyl sites for hydroxylation is 1. The van der Waals surface area contributed by atoms with Gasteiger partial charge < -0.3 is 10.6 Å². The molecule has 24 heavy (non-hydrogen) atoms. The highest BCUT2D eigenvalue weighted by atomic mass is 16.6. The molecule has 0 saturated carbocycles. The highest BCUT2D eigenvalue weighted by Crippen LogP contribution is 2.25. The van der Waals surface area contributed by atoms with Crippen LogP contribution in [0.2, 0.25) is 0 Å². The molecule has 0 spiro atoms. The minimum absolute atomic E-state index is 0.00235. The fourth-order valence-corrected chi connectivity index (χ4v) is 2.59. The van der Waals surface area contributed by atoms with Gasteiger partial charge in [-0.3, -0.25) is 19.7 Å². The molecule has 0 radical (unpaired) electrons. The Morgan fingerprint density at radius 1 is 1.17 bits per heavy atom. The number of carbonyl (C=O) groups excluding carboxylic acids is 2. The van der Waals surface area contributed by atoms with Gasteiger partial charge in [0, 0.05) is 29.9 Å². The zero-order valence-corrected chi connectivity index (χ0v) is 12.7. The molecule has 122 valence electrons. The van der Waals surface area contributed by atoms with Gasteiger partial charge in [0.25, 0.3) is 5.69 Å². The van der Waals surface area contributed by atoms with Gasteiger partial charge in [-0.1, -0.05) is 12.1 Å². The van der Waals surface area contributed by atoms with Crippen molar-refractivity contribution in [2.75, 3.05) is 10.6 Å². The molecule has 1 aliphatic heterocycles. The van der Waals surface area contributed by atoms with Gasteiger partial charge in [0.15, 0.2) is 0 Å². The lowest BCUT2D eigenvalue weighted by atomic mass is 10.0. The number of nitrogens with one attached hydrogen (secondary N) is 2. The van der Waals surface area contributed by atoms with Crippen molar-refractivity contribution in [2.45, 2.75) is 19.3 Å². The van der Waals surface area contributed by atoms with Crippen LogP contribution in [0, 0.1) is 10.1 Å². The Bertz CT molecular complexity index is 815. The van der Waals surface area contributed by atoms with Crippen LogP contribution in [0.3, 0.4) is 0 Å². The van der Waals surface area contributed by atoms with Crippen LogP contribution in [0.25, 0.3) is 0 Å². The first kappa shape index (κ1) is 15.7. The van der Waals surface area contributed by atoms with Crippen molar-refractivity contribution in [3.63, 3.8) is 0 Å². The Hall–Kier alpha value is -3.22. The highest BCUT2D eigenvalue weighted by Gasteiger charge is 2.15. The van der Waals surface area contributed by atoms with Crippen molar-refractivity contribution in [2.24, 2.45) is 0 Å². The Morgan fingerprint density at radius 3 is 2.62 bits per heavy atom. The number of fused-ring (bicyclic) bond motifs is 1. The number of carbonyl (C=O) groups is 2. The van der Waals surface area contributed by atoms with Crippen molar-refractivity contribution < 1.29 is 14.5 Å². The molecule has 0 unspecified atom stereocenters. The van der Waals surface area contributed by atoms with E-state index in [9.17, 15) is 19.7 Å². The summed E-state index contributed by atoms with van der Waals surface area (Å²) in [5.41, 5.74) is 3.12. The third kappa shape index (κ3) is 3.57. The second kappa shape index (κ2) is 6.49. The van der Waals surface area contributed by atoms with E-state index < -0.39 is 4.92 Å². The lowest BCUT2D eigenvalue weighted by molar-refractivity contribution is -0.384. The third-order valence-electron chi connectivity index (χ3n) is 3.80. The molecule has 0 fully saturated rings. The zero-order chi connectivity index (χ0) is 17.1. The number of amides is 2. The summed E-state index contributed by atoms with van der Waals surface area (Å²) in [6.07, 6.45) is 1.21. The minimum atomic E-state index is -0.476. The lowest BCUT2D eigenvalue weighted by Crippen LogP contribution is -2.19. The molecule has 2 aromatic rings. The number of nitro groups is 1. The molecule has 0 aromatic heterocycles. The molecular formula is C17H15N3O4. The summed E-state index contributed by atoms with van der Waals surface area (Å²) in [6.45, 7) is 0. The average molecular weight is 325 g/mol. The molecule has 0 aliphatic carbocycles. The van der Waals surface area contributed by atoms with E-state index in [0.717, 1.165) is 11.3 Å². The monoisotopic (exact) mass is 325 g/mol. The third-order valence-corrected chi connectivity index (χ3v) is 3.80. The molecule has 3 rings (SSSR count). The normalized spacial score (nSPS) is 12.9. The first-order chi connectivity index (χ1) is 11.5. The fourth-order valence-electron chi connectivity index (χ4n) is 2.59. The summed E-state index contributed by atoms with van der Waals surface area (Å²) in [5, 5.41) is 16.2. The van der Waals surface area contributed by atoms with Crippen LogP contribution < -0.4 is 10.6 Å². The first-order valence-electron chi connectivity index (χ1n) is 7.47. The summed E-state index contributed by atoms with van der Waals surface area (Å²) in [6, 6.07) is 11.3.